The topological polar surface area (TPSA) is 123 Å². The van der Waals surface area contributed by atoms with Gasteiger partial charge in [0.2, 0.25) is 5.91 Å². The Morgan fingerprint density at radius 1 is 1.43 bits per heavy atom. The maximum atomic E-state index is 11.9. The van der Waals surface area contributed by atoms with Crippen molar-refractivity contribution >= 4 is 17.3 Å². The second-order valence-corrected chi connectivity index (χ2v) is 4.20. The van der Waals surface area contributed by atoms with Crippen molar-refractivity contribution < 1.29 is 14.8 Å². The number of aliphatic hydroxyl groups is 1. The van der Waals surface area contributed by atoms with Crippen molar-refractivity contribution in [2.45, 2.75) is 13.0 Å². The first kappa shape index (κ1) is 14.6. The van der Waals surface area contributed by atoms with E-state index in [0.29, 0.717) is 12.1 Å². The van der Waals surface area contributed by atoms with Crippen LogP contribution in [0.5, 0.6) is 0 Å². The maximum Gasteiger partial charge on any atom is 0.292 e. The van der Waals surface area contributed by atoms with Gasteiger partial charge in [-0.3, -0.25) is 14.9 Å². The Kier molecular flexibility index (Phi) is 4.57. The normalized spacial score (nSPS) is 10.3. The lowest BCUT2D eigenvalue weighted by Gasteiger charge is -2.05. The molecule has 0 fully saturated rings. The predicted molar refractivity (Wildman–Crippen MR) is 72.5 cm³/mol. The number of nitro groups is 1. The number of anilines is 1. The number of amides is 1. The summed E-state index contributed by atoms with van der Waals surface area (Å²) in [4.78, 5) is 22.1. The number of rotatable bonds is 6. The molecule has 1 aromatic carbocycles. The molecule has 0 aliphatic carbocycles. The number of carbonyl (C=O) groups excluding carboxylic acids is 1. The van der Waals surface area contributed by atoms with Crippen LogP contribution in [-0.4, -0.2) is 37.5 Å². The van der Waals surface area contributed by atoms with Crippen molar-refractivity contribution in [3.8, 4) is 0 Å². The monoisotopic (exact) mass is 291 g/mol. The fourth-order valence-electron chi connectivity index (χ4n) is 1.72. The second kappa shape index (κ2) is 6.57. The van der Waals surface area contributed by atoms with E-state index >= 15 is 0 Å². The SMILES string of the molecule is O=C(Cn1cc(CCO)nn1)Nc1ccccc1[N+](=O)[O-]. The minimum atomic E-state index is -0.565. The van der Waals surface area contributed by atoms with Gasteiger partial charge >= 0.3 is 0 Å². The number of hydrogen-bond donors (Lipinski definition) is 2. The highest BCUT2D eigenvalue weighted by Gasteiger charge is 2.15. The number of benzene rings is 1. The quantitative estimate of drug-likeness (QED) is 0.585. The van der Waals surface area contributed by atoms with Crippen LogP contribution in [0, 0.1) is 10.1 Å². The Morgan fingerprint density at radius 3 is 2.90 bits per heavy atom. The molecule has 0 aliphatic rings. The summed E-state index contributed by atoms with van der Waals surface area (Å²) in [5.41, 5.74) is 0.518. The van der Waals surface area contributed by atoms with Crippen LogP contribution in [0.25, 0.3) is 0 Å². The summed E-state index contributed by atoms with van der Waals surface area (Å²) < 4.78 is 1.30. The van der Waals surface area contributed by atoms with Crippen molar-refractivity contribution in [2.75, 3.05) is 11.9 Å². The van der Waals surface area contributed by atoms with Gasteiger partial charge in [-0.25, -0.2) is 4.68 Å². The number of carbonyl (C=O) groups is 1. The van der Waals surface area contributed by atoms with Crippen molar-refractivity contribution in [1.82, 2.24) is 15.0 Å². The fourth-order valence-corrected chi connectivity index (χ4v) is 1.72. The van der Waals surface area contributed by atoms with Crippen LogP contribution in [0.1, 0.15) is 5.69 Å². The smallest absolute Gasteiger partial charge is 0.292 e. The zero-order valence-electron chi connectivity index (χ0n) is 11.0. The Hall–Kier alpha value is -2.81. The van der Waals surface area contributed by atoms with E-state index in [-0.39, 0.29) is 24.5 Å². The van der Waals surface area contributed by atoms with Crippen LogP contribution in [0.15, 0.2) is 30.5 Å². The van der Waals surface area contributed by atoms with Gasteiger partial charge in [-0.05, 0) is 6.07 Å². The highest BCUT2D eigenvalue weighted by atomic mass is 16.6. The van der Waals surface area contributed by atoms with E-state index in [4.69, 9.17) is 5.11 Å². The van der Waals surface area contributed by atoms with Crippen molar-refractivity contribution in [3.05, 3.63) is 46.3 Å². The van der Waals surface area contributed by atoms with E-state index in [9.17, 15) is 14.9 Å². The van der Waals surface area contributed by atoms with Crippen LogP contribution in [0.3, 0.4) is 0 Å². The first-order chi connectivity index (χ1) is 10.1. The molecule has 1 aromatic heterocycles. The van der Waals surface area contributed by atoms with E-state index in [2.05, 4.69) is 15.6 Å². The largest absolute Gasteiger partial charge is 0.396 e. The lowest BCUT2D eigenvalue weighted by Crippen LogP contribution is -2.19. The number of nitro benzene ring substituents is 1. The summed E-state index contributed by atoms with van der Waals surface area (Å²) in [6.45, 7) is -0.175. The molecule has 0 atom stereocenters. The van der Waals surface area contributed by atoms with Gasteiger partial charge in [0.15, 0.2) is 0 Å². The minimum Gasteiger partial charge on any atom is -0.396 e. The van der Waals surface area contributed by atoms with Crippen molar-refractivity contribution in [2.24, 2.45) is 0 Å². The molecule has 110 valence electrons. The number of nitrogens with one attached hydrogen (secondary N) is 1. The summed E-state index contributed by atoms with van der Waals surface area (Å²) in [6.07, 6.45) is 1.89. The third-order valence-electron chi connectivity index (χ3n) is 2.63. The average molecular weight is 291 g/mol. The standard InChI is InChI=1S/C12H13N5O4/c18-6-5-9-7-16(15-14-9)8-12(19)13-10-3-1-2-4-11(10)17(20)21/h1-4,7,18H,5-6,8H2,(H,13,19). The molecule has 0 unspecified atom stereocenters. The number of aromatic nitrogens is 3. The molecular formula is C12H13N5O4. The van der Waals surface area contributed by atoms with Crippen molar-refractivity contribution in [1.29, 1.82) is 0 Å². The van der Waals surface area contributed by atoms with Crippen LogP contribution >= 0.6 is 0 Å². The average Bonchev–Trinajstić information content (AvgIpc) is 2.86. The van der Waals surface area contributed by atoms with Gasteiger partial charge in [0, 0.05) is 25.3 Å². The lowest BCUT2D eigenvalue weighted by molar-refractivity contribution is -0.383. The molecule has 2 aromatic rings. The molecule has 0 spiro atoms. The van der Waals surface area contributed by atoms with E-state index in [1.54, 1.807) is 6.07 Å². The molecular weight excluding hydrogens is 278 g/mol. The Labute approximate surface area is 119 Å². The molecule has 1 heterocycles. The minimum absolute atomic E-state index is 0.0545. The fraction of sp³-hybridized carbons (Fsp3) is 0.250. The van der Waals surface area contributed by atoms with E-state index < -0.39 is 10.8 Å². The molecule has 9 nitrogen and oxygen atoms in total. The van der Waals surface area contributed by atoms with Crippen LogP contribution in [-0.2, 0) is 17.8 Å². The van der Waals surface area contributed by atoms with E-state index in [0.717, 1.165) is 0 Å². The first-order valence-electron chi connectivity index (χ1n) is 6.13. The molecule has 21 heavy (non-hydrogen) atoms. The maximum absolute atomic E-state index is 11.9. The van der Waals surface area contributed by atoms with Gasteiger partial charge in [-0.15, -0.1) is 5.10 Å². The number of hydrogen-bond acceptors (Lipinski definition) is 6. The molecule has 0 saturated heterocycles. The Morgan fingerprint density at radius 2 is 2.19 bits per heavy atom. The predicted octanol–water partition coefficient (Wildman–Crippen LogP) is 0.360. The molecule has 9 heteroatoms. The van der Waals surface area contributed by atoms with Gasteiger partial charge in [-0.1, -0.05) is 17.3 Å². The second-order valence-electron chi connectivity index (χ2n) is 4.20. The third-order valence-corrected chi connectivity index (χ3v) is 2.63. The summed E-state index contributed by atoms with van der Waals surface area (Å²) >= 11 is 0. The Bertz CT molecular complexity index is 655. The Balaban J connectivity index is 2.03. The van der Waals surface area contributed by atoms with Crippen LogP contribution in [0.4, 0.5) is 11.4 Å². The molecule has 0 bridgehead atoms. The lowest BCUT2D eigenvalue weighted by atomic mass is 10.2. The summed E-state index contributed by atoms with van der Waals surface area (Å²) in [7, 11) is 0. The number of aliphatic hydroxyl groups excluding tert-OH is 1. The van der Waals surface area contributed by atoms with Gasteiger partial charge in [0.1, 0.15) is 12.2 Å². The molecule has 0 saturated carbocycles. The number of nitrogens with zero attached hydrogens (tertiary/aromatic N) is 4. The van der Waals surface area contributed by atoms with Gasteiger partial charge in [0.25, 0.3) is 5.69 Å². The zero-order chi connectivity index (χ0) is 15.2. The number of para-hydroxylation sites is 2. The van der Waals surface area contributed by atoms with E-state index in [1.807, 2.05) is 0 Å². The third kappa shape index (κ3) is 3.83. The van der Waals surface area contributed by atoms with Crippen LogP contribution < -0.4 is 5.32 Å². The first-order valence-corrected chi connectivity index (χ1v) is 6.13. The molecule has 0 aliphatic heterocycles. The van der Waals surface area contributed by atoms with Crippen molar-refractivity contribution in [3.63, 3.8) is 0 Å². The van der Waals surface area contributed by atoms with Gasteiger partial charge < -0.3 is 10.4 Å². The molecule has 1 amide bonds. The highest BCUT2D eigenvalue weighted by molar-refractivity contribution is 5.92. The van der Waals surface area contributed by atoms with E-state index in [1.165, 1.54) is 29.1 Å². The summed E-state index contributed by atoms with van der Waals surface area (Å²) in [5.74, 6) is -0.454. The van der Waals surface area contributed by atoms with Crippen LogP contribution in [0.2, 0.25) is 0 Å². The van der Waals surface area contributed by atoms with Gasteiger partial charge in [0.05, 0.1) is 10.6 Å². The molecule has 2 rings (SSSR count). The molecule has 2 N–H and O–H groups in total. The van der Waals surface area contributed by atoms with Gasteiger partial charge in [-0.2, -0.15) is 0 Å². The molecule has 0 radical (unpaired) electrons. The highest BCUT2D eigenvalue weighted by Crippen LogP contribution is 2.22. The zero-order valence-corrected chi connectivity index (χ0v) is 11.0. The summed E-state index contributed by atoms with van der Waals surface area (Å²) in [5, 5.41) is 29.6. The summed E-state index contributed by atoms with van der Waals surface area (Å²) in [6, 6.07) is 5.88.